The summed E-state index contributed by atoms with van der Waals surface area (Å²) < 4.78 is 6.04. The van der Waals surface area contributed by atoms with Crippen molar-refractivity contribution in [3.8, 4) is 5.75 Å². The van der Waals surface area contributed by atoms with Crippen LogP contribution in [0.4, 0.5) is 11.4 Å². The molecule has 0 radical (unpaired) electrons. The van der Waals surface area contributed by atoms with E-state index in [0.717, 1.165) is 24.1 Å². The fraction of sp³-hybridized carbons (Fsp3) is 0.533. The number of benzene rings is 1. The average Bonchev–Trinajstić information content (AvgIpc) is 2.69. The number of hydrogen-bond acceptors (Lipinski definition) is 3. The average molecular weight is 260 g/mol. The molecule has 1 amide bonds. The lowest BCUT2D eigenvalue weighted by Gasteiger charge is -2.28. The summed E-state index contributed by atoms with van der Waals surface area (Å²) in [6, 6.07) is 3.73. The first kappa shape index (κ1) is 12.3. The molecule has 3 rings (SSSR count). The van der Waals surface area contributed by atoms with Gasteiger partial charge in [0.15, 0.2) is 0 Å². The highest BCUT2D eigenvalue weighted by Gasteiger charge is 2.23. The summed E-state index contributed by atoms with van der Waals surface area (Å²) in [6.45, 7) is 2.27. The zero-order valence-corrected chi connectivity index (χ0v) is 11.2. The zero-order chi connectivity index (χ0) is 13.4. The van der Waals surface area contributed by atoms with E-state index in [0.29, 0.717) is 23.8 Å². The van der Waals surface area contributed by atoms with Crippen LogP contribution in [-0.4, -0.2) is 12.0 Å². The molecule has 2 atom stereocenters. The second-order valence-electron chi connectivity index (χ2n) is 5.78. The van der Waals surface area contributed by atoms with Crippen molar-refractivity contribution in [3.63, 3.8) is 0 Å². The second-order valence-corrected chi connectivity index (χ2v) is 5.78. The van der Waals surface area contributed by atoms with E-state index in [-0.39, 0.29) is 12.0 Å². The Hall–Kier alpha value is -1.71. The Morgan fingerprint density at radius 3 is 3.00 bits per heavy atom. The van der Waals surface area contributed by atoms with Crippen molar-refractivity contribution in [2.75, 3.05) is 11.1 Å². The summed E-state index contributed by atoms with van der Waals surface area (Å²) in [7, 11) is 0. The van der Waals surface area contributed by atoms with E-state index in [4.69, 9.17) is 10.5 Å². The molecule has 1 aromatic carbocycles. The van der Waals surface area contributed by atoms with Crippen molar-refractivity contribution >= 4 is 17.3 Å². The number of fused-ring (bicyclic) bond motifs is 1. The Bertz CT molecular complexity index is 513. The molecule has 2 unspecified atom stereocenters. The predicted octanol–water partition coefficient (Wildman–Crippen LogP) is 2.72. The minimum Gasteiger partial charge on any atom is -0.488 e. The fourth-order valence-electron chi connectivity index (χ4n) is 3.04. The van der Waals surface area contributed by atoms with Crippen LogP contribution in [0.1, 0.15) is 38.2 Å². The van der Waals surface area contributed by atoms with Gasteiger partial charge in [0, 0.05) is 11.8 Å². The van der Waals surface area contributed by atoms with Crippen molar-refractivity contribution in [2.45, 2.75) is 45.1 Å². The Kier molecular flexibility index (Phi) is 3.09. The van der Waals surface area contributed by atoms with Crippen LogP contribution in [0.5, 0.6) is 5.75 Å². The van der Waals surface area contributed by atoms with Crippen LogP contribution >= 0.6 is 0 Å². The first-order chi connectivity index (χ1) is 9.11. The van der Waals surface area contributed by atoms with E-state index in [1.807, 2.05) is 12.1 Å². The van der Waals surface area contributed by atoms with E-state index in [1.165, 1.54) is 12.8 Å². The Morgan fingerprint density at radius 2 is 2.21 bits per heavy atom. The topological polar surface area (TPSA) is 64.3 Å². The minimum absolute atomic E-state index is 0.0258. The first-order valence-electron chi connectivity index (χ1n) is 7.00. The van der Waals surface area contributed by atoms with Crippen molar-refractivity contribution in [1.29, 1.82) is 0 Å². The number of hydrogen-bond donors (Lipinski definition) is 2. The Balaban J connectivity index is 1.78. The van der Waals surface area contributed by atoms with E-state index < -0.39 is 0 Å². The van der Waals surface area contributed by atoms with Crippen LogP contribution in [0.15, 0.2) is 12.1 Å². The molecule has 1 aliphatic heterocycles. The summed E-state index contributed by atoms with van der Waals surface area (Å²) in [4.78, 5) is 11.4. The summed E-state index contributed by atoms with van der Waals surface area (Å²) in [6.07, 6.45) is 5.35. The van der Waals surface area contributed by atoms with Gasteiger partial charge in [0.2, 0.25) is 5.91 Å². The van der Waals surface area contributed by atoms with Gasteiger partial charge >= 0.3 is 0 Å². The molecular weight excluding hydrogens is 240 g/mol. The largest absolute Gasteiger partial charge is 0.488 e. The molecule has 1 aliphatic carbocycles. The molecule has 4 heteroatoms. The highest BCUT2D eigenvalue weighted by Crippen LogP contribution is 2.35. The SMILES string of the molecule is CC1CCCC(Oc2cc3c(cc2N)CC(=O)N3)C1. The van der Waals surface area contributed by atoms with Crippen LogP contribution < -0.4 is 15.8 Å². The monoisotopic (exact) mass is 260 g/mol. The van der Waals surface area contributed by atoms with Crippen molar-refractivity contribution in [3.05, 3.63) is 17.7 Å². The van der Waals surface area contributed by atoms with Gasteiger partial charge < -0.3 is 15.8 Å². The molecule has 1 aromatic rings. The third-order valence-corrected chi connectivity index (χ3v) is 4.04. The van der Waals surface area contributed by atoms with Gasteiger partial charge in [-0.15, -0.1) is 0 Å². The number of rotatable bonds is 2. The van der Waals surface area contributed by atoms with Crippen LogP contribution in [0.25, 0.3) is 0 Å². The van der Waals surface area contributed by atoms with Crippen molar-refractivity contribution in [1.82, 2.24) is 0 Å². The normalized spacial score (nSPS) is 25.8. The Labute approximate surface area is 113 Å². The number of nitrogen functional groups attached to an aromatic ring is 1. The summed E-state index contributed by atoms with van der Waals surface area (Å²) >= 11 is 0. The van der Waals surface area contributed by atoms with Gasteiger partial charge in [-0.05, 0) is 36.8 Å². The molecule has 3 N–H and O–H groups in total. The smallest absolute Gasteiger partial charge is 0.228 e. The molecule has 1 heterocycles. The minimum atomic E-state index is 0.0258. The molecule has 2 aliphatic rings. The standard InChI is InChI=1S/C15H20N2O2/c1-9-3-2-4-11(5-9)19-14-8-13-10(6-12(14)16)7-15(18)17-13/h6,8-9,11H,2-5,7,16H2,1H3,(H,17,18). The number of nitrogens with two attached hydrogens (primary N) is 1. The molecule has 0 saturated heterocycles. The lowest BCUT2D eigenvalue weighted by Crippen LogP contribution is -2.24. The van der Waals surface area contributed by atoms with E-state index >= 15 is 0 Å². The third-order valence-electron chi connectivity index (χ3n) is 4.04. The van der Waals surface area contributed by atoms with Gasteiger partial charge in [-0.3, -0.25) is 4.79 Å². The highest BCUT2D eigenvalue weighted by molar-refractivity contribution is 6.00. The number of carbonyl (C=O) groups excluding carboxylic acids is 1. The molecule has 0 bridgehead atoms. The quantitative estimate of drug-likeness (QED) is 0.804. The zero-order valence-electron chi connectivity index (χ0n) is 11.2. The predicted molar refractivity (Wildman–Crippen MR) is 75.2 cm³/mol. The maximum atomic E-state index is 11.4. The molecule has 1 fully saturated rings. The number of anilines is 2. The number of carbonyl (C=O) groups is 1. The molecular formula is C15H20N2O2. The number of amides is 1. The van der Waals surface area contributed by atoms with Gasteiger partial charge in [0.1, 0.15) is 5.75 Å². The molecule has 102 valence electrons. The van der Waals surface area contributed by atoms with Crippen LogP contribution in [0, 0.1) is 5.92 Å². The number of nitrogens with one attached hydrogen (secondary N) is 1. The van der Waals surface area contributed by atoms with Crippen LogP contribution in [0.2, 0.25) is 0 Å². The van der Waals surface area contributed by atoms with Gasteiger partial charge in [0.25, 0.3) is 0 Å². The number of ether oxygens (including phenoxy) is 1. The van der Waals surface area contributed by atoms with Gasteiger partial charge in [-0.1, -0.05) is 13.3 Å². The van der Waals surface area contributed by atoms with Crippen molar-refractivity contribution in [2.24, 2.45) is 5.92 Å². The third kappa shape index (κ3) is 2.53. The molecule has 4 nitrogen and oxygen atoms in total. The molecule has 0 spiro atoms. The Morgan fingerprint density at radius 1 is 1.37 bits per heavy atom. The lowest BCUT2D eigenvalue weighted by atomic mass is 9.88. The van der Waals surface area contributed by atoms with Crippen LogP contribution in [0.3, 0.4) is 0 Å². The molecule has 0 aromatic heterocycles. The second kappa shape index (κ2) is 4.76. The highest BCUT2D eigenvalue weighted by atomic mass is 16.5. The van der Waals surface area contributed by atoms with Crippen LogP contribution in [-0.2, 0) is 11.2 Å². The van der Waals surface area contributed by atoms with E-state index in [9.17, 15) is 4.79 Å². The lowest BCUT2D eigenvalue weighted by molar-refractivity contribution is -0.115. The fourth-order valence-corrected chi connectivity index (χ4v) is 3.04. The molecule has 1 saturated carbocycles. The summed E-state index contributed by atoms with van der Waals surface area (Å²) in [5, 5.41) is 2.84. The van der Waals surface area contributed by atoms with E-state index in [2.05, 4.69) is 12.2 Å². The van der Waals surface area contributed by atoms with Crippen molar-refractivity contribution < 1.29 is 9.53 Å². The van der Waals surface area contributed by atoms with Gasteiger partial charge in [-0.25, -0.2) is 0 Å². The van der Waals surface area contributed by atoms with Gasteiger partial charge in [0.05, 0.1) is 18.2 Å². The van der Waals surface area contributed by atoms with Gasteiger partial charge in [-0.2, -0.15) is 0 Å². The molecule has 19 heavy (non-hydrogen) atoms. The van der Waals surface area contributed by atoms with E-state index in [1.54, 1.807) is 0 Å². The summed E-state index contributed by atoms with van der Waals surface area (Å²) in [5.74, 6) is 1.45. The maximum Gasteiger partial charge on any atom is 0.228 e. The first-order valence-corrected chi connectivity index (χ1v) is 7.00. The summed E-state index contributed by atoms with van der Waals surface area (Å²) in [5.41, 5.74) is 8.47. The maximum absolute atomic E-state index is 11.4.